The van der Waals surface area contributed by atoms with Gasteiger partial charge in [0, 0.05) is 22.1 Å². The summed E-state index contributed by atoms with van der Waals surface area (Å²) < 4.78 is 5.55. The molecule has 0 radical (unpaired) electrons. The van der Waals surface area contributed by atoms with Crippen molar-refractivity contribution in [1.29, 1.82) is 0 Å². The molecule has 136 valence electrons. The van der Waals surface area contributed by atoms with Crippen LogP contribution >= 0.6 is 12.2 Å². The van der Waals surface area contributed by atoms with Gasteiger partial charge in [-0.05, 0) is 56.8 Å². The van der Waals surface area contributed by atoms with Crippen molar-refractivity contribution in [2.75, 3.05) is 0 Å². The molecule has 3 N–H and O–H groups in total. The van der Waals surface area contributed by atoms with Crippen molar-refractivity contribution in [2.45, 2.75) is 20.8 Å². The topological polar surface area (TPSA) is 112 Å². The predicted molar refractivity (Wildman–Crippen MR) is 105 cm³/mol. The molecule has 27 heavy (non-hydrogen) atoms. The highest BCUT2D eigenvalue weighted by molar-refractivity contribution is 7.71. The number of phenolic OH excluding ortho intramolecular Hbond substituents is 1. The number of hydrogen-bond acceptors (Lipinski definition) is 6. The van der Waals surface area contributed by atoms with Crippen LogP contribution in [0.3, 0.4) is 0 Å². The van der Waals surface area contributed by atoms with Crippen molar-refractivity contribution in [1.82, 2.24) is 15.0 Å². The van der Waals surface area contributed by atoms with Gasteiger partial charge in [0.15, 0.2) is 4.77 Å². The van der Waals surface area contributed by atoms with Crippen molar-refractivity contribution < 1.29 is 9.52 Å². The summed E-state index contributed by atoms with van der Waals surface area (Å²) in [6, 6.07) is 5.00. The van der Waals surface area contributed by atoms with Gasteiger partial charge in [0.05, 0.1) is 11.1 Å². The summed E-state index contributed by atoms with van der Waals surface area (Å²) in [4.78, 5) is 33.8. The van der Waals surface area contributed by atoms with Crippen LogP contribution in [0.15, 0.2) is 32.2 Å². The van der Waals surface area contributed by atoms with Crippen LogP contribution in [0.25, 0.3) is 33.3 Å². The van der Waals surface area contributed by atoms with Gasteiger partial charge in [0.2, 0.25) is 0 Å². The normalized spacial score (nSPS) is 11.4. The molecule has 1 aromatic carbocycles. The van der Waals surface area contributed by atoms with Crippen molar-refractivity contribution >= 4 is 34.2 Å². The average molecular weight is 381 g/mol. The van der Waals surface area contributed by atoms with E-state index in [0.717, 1.165) is 10.9 Å². The first kappa shape index (κ1) is 17.2. The first-order valence-electron chi connectivity index (χ1n) is 8.18. The molecule has 0 amide bonds. The fourth-order valence-electron chi connectivity index (χ4n) is 3.12. The van der Waals surface area contributed by atoms with E-state index in [2.05, 4.69) is 15.0 Å². The highest BCUT2D eigenvalue weighted by atomic mass is 32.1. The Bertz CT molecular complexity index is 1430. The number of pyridine rings is 1. The second kappa shape index (κ2) is 5.88. The number of nitrogens with one attached hydrogen (secondary N) is 2. The SMILES string of the molecule is Cc1c(C)c2cc(-c3ccc4c(=O)[nH]c(=S)[nH]c4n3)c(O)c(C)c2oc1=O. The van der Waals surface area contributed by atoms with Crippen LogP contribution in [0.1, 0.15) is 16.7 Å². The number of rotatable bonds is 1. The third-order valence-electron chi connectivity index (χ3n) is 4.83. The minimum atomic E-state index is -0.425. The van der Waals surface area contributed by atoms with E-state index in [1.807, 2.05) is 6.92 Å². The van der Waals surface area contributed by atoms with Crippen LogP contribution in [-0.2, 0) is 0 Å². The molecule has 0 aliphatic heterocycles. The molecule has 3 heterocycles. The lowest BCUT2D eigenvalue weighted by Gasteiger charge is -2.12. The van der Waals surface area contributed by atoms with Crippen molar-refractivity contribution in [3.63, 3.8) is 0 Å². The van der Waals surface area contributed by atoms with Crippen molar-refractivity contribution in [2.24, 2.45) is 0 Å². The predicted octanol–water partition coefficient (Wildman–Crippen LogP) is 3.38. The van der Waals surface area contributed by atoms with Gasteiger partial charge in [-0.2, -0.15) is 0 Å². The molecular formula is C19H15N3O4S. The zero-order valence-electron chi connectivity index (χ0n) is 14.8. The molecule has 4 aromatic rings. The Hall–Kier alpha value is -3.26. The summed E-state index contributed by atoms with van der Waals surface area (Å²) in [6.45, 7) is 5.21. The molecule has 0 spiro atoms. The molecule has 0 saturated carbocycles. The second-order valence-electron chi connectivity index (χ2n) is 6.41. The fourth-order valence-corrected chi connectivity index (χ4v) is 3.31. The van der Waals surface area contributed by atoms with E-state index in [0.29, 0.717) is 39.0 Å². The van der Waals surface area contributed by atoms with Gasteiger partial charge in [-0.3, -0.25) is 9.78 Å². The van der Waals surface area contributed by atoms with Crippen LogP contribution in [0.5, 0.6) is 5.75 Å². The lowest BCUT2D eigenvalue weighted by molar-refractivity contribution is 0.470. The van der Waals surface area contributed by atoms with Crippen molar-refractivity contribution in [3.05, 3.63) is 60.4 Å². The number of fused-ring (bicyclic) bond motifs is 2. The number of aromatic nitrogens is 3. The molecule has 0 bridgehead atoms. The molecule has 0 aliphatic carbocycles. The summed E-state index contributed by atoms with van der Waals surface area (Å²) in [7, 11) is 0. The van der Waals surface area contributed by atoms with E-state index in [-0.39, 0.29) is 16.1 Å². The minimum Gasteiger partial charge on any atom is -0.507 e. The molecule has 3 aromatic heterocycles. The number of phenols is 1. The largest absolute Gasteiger partial charge is 0.507 e. The van der Waals surface area contributed by atoms with E-state index in [1.54, 1.807) is 32.0 Å². The average Bonchev–Trinajstić information content (AvgIpc) is 2.62. The van der Waals surface area contributed by atoms with Gasteiger partial charge in [0.1, 0.15) is 17.0 Å². The number of hydrogen-bond donors (Lipinski definition) is 3. The minimum absolute atomic E-state index is 0.0378. The third kappa shape index (κ3) is 2.57. The van der Waals surface area contributed by atoms with E-state index < -0.39 is 5.63 Å². The van der Waals surface area contributed by atoms with Crippen molar-refractivity contribution in [3.8, 4) is 17.0 Å². The maximum Gasteiger partial charge on any atom is 0.339 e. The van der Waals surface area contributed by atoms with Gasteiger partial charge in [-0.25, -0.2) is 9.78 Å². The molecule has 4 rings (SSSR count). The smallest absolute Gasteiger partial charge is 0.339 e. The summed E-state index contributed by atoms with van der Waals surface area (Å²) >= 11 is 5.00. The van der Waals surface area contributed by atoms with E-state index in [4.69, 9.17) is 16.6 Å². The van der Waals surface area contributed by atoms with Gasteiger partial charge in [-0.15, -0.1) is 0 Å². The molecule has 8 heteroatoms. The molecule has 0 aliphatic rings. The Morgan fingerprint density at radius 2 is 1.78 bits per heavy atom. The Morgan fingerprint density at radius 3 is 2.52 bits per heavy atom. The lowest BCUT2D eigenvalue weighted by Crippen LogP contribution is -2.09. The van der Waals surface area contributed by atoms with Gasteiger partial charge < -0.3 is 14.5 Å². The highest BCUT2D eigenvalue weighted by Gasteiger charge is 2.18. The summed E-state index contributed by atoms with van der Waals surface area (Å²) in [6.07, 6.45) is 0. The molecule has 0 unspecified atom stereocenters. The number of benzene rings is 1. The quantitative estimate of drug-likeness (QED) is 0.344. The Kier molecular flexibility index (Phi) is 3.74. The van der Waals surface area contributed by atoms with Gasteiger partial charge >= 0.3 is 5.63 Å². The number of aromatic amines is 2. The molecular weight excluding hydrogens is 366 g/mol. The van der Waals surface area contributed by atoms with E-state index in [9.17, 15) is 14.7 Å². The molecule has 0 atom stereocenters. The summed E-state index contributed by atoms with van der Waals surface area (Å²) in [5.74, 6) is -0.0378. The molecule has 7 nitrogen and oxygen atoms in total. The van der Waals surface area contributed by atoms with Crippen LogP contribution in [-0.4, -0.2) is 20.1 Å². The lowest BCUT2D eigenvalue weighted by atomic mass is 9.98. The Balaban J connectivity index is 2.09. The summed E-state index contributed by atoms with van der Waals surface area (Å²) in [5.41, 5.74) is 2.59. The Morgan fingerprint density at radius 1 is 1.04 bits per heavy atom. The molecule has 0 fully saturated rings. The monoisotopic (exact) mass is 381 g/mol. The molecule has 0 saturated heterocycles. The Labute approximate surface area is 157 Å². The number of aryl methyl sites for hydroxylation is 2. The maximum absolute atomic E-state index is 12.0. The number of nitrogens with zero attached hydrogens (tertiary/aromatic N) is 1. The zero-order chi connectivity index (χ0) is 19.5. The second-order valence-corrected chi connectivity index (χ2v) is 6.82. The van der Waals surface area contributed by atoms with E-state index in [1.165, 1.54) is 0 Å². The first-order chi connectivity index (χ1) is 12.8. The van der Waals surface area contributed by atoms with Gasteiger partial charge in [-0.1, -0.05) is 0 Å². The van der Waals surface area contributed by atoms with Crippen LogP contribution < -0.4 is 11.2 Å². The number of aromatic hydroxyl groups is 1. The fraction of sp³-hybridized carbons (Fsp3) is 0.158. The van der Waals surface area contributed by atoms with Crippen LogP contribution in [0, 0.1) is 25.5 Å². The highest BCUT2D eigenvalue weighted by Crippen LogP contribution is 2.37. The maximum atomic E-state index is 12.0. The van der Waals surface area contributed by atoms with E-state index >= 15 is 0 Å². The summed E-state index contributed by atoms with van der Waals surface area (Å²) in [5, 5.41) is 11.8. The third-order valence-corrected chi connectivity index (χ3v) is 5.03. The standard InChI is InChI=1S/C19H15N3O4S/c1-7-8(2)18(25)26-15-9(3)14(23)12(6-11(7)15)13-5-4-10-16(20-13)21-19(27)22-17(10)24/h4-6,23H,1-3H3,(H2,20,21,22,24,27). The van der Waals surface area contributed by atoms with Crippen LogP contribution in [0.4, 0.5) is 0 Å². The first-order valence-corrected chi connectivity index (χ1v) is 8.59. The number of H-pyrrole nitrogens is 2. The van der Waals surface area contributed by atoms with Gasteiger partial charge in [0.25, 0.3) is 5.56 Å². The van der Waals surface area contributed by atoms with Crippen LogP contribution in [0.2, 0.25) is 0 Å². The zero-order valence-corrected chi connectivity index (χ0v) is 15.6.